The third-order valence-electron chi connectivity index (χ3n) is 3.64. The largest absolute Gasteiger partial charge is 0.493 e. The number of hydrogen-bond donors (Lipinski definition) is 0. The predicted molar refractivity (Wildman–Crippen MR) is 90.8 cm³/mol. The lowest BCUT2D eigenvalue weighted by atomic mass is 10.0. The third-order valence-corrected chi connectivity index (χ3v) is 4.20. The van der Waals surface area contributed by atoms with Crippen LogP contribution < -0.4 is 4.74 Å². The van der Waals surface area contributed by atoms with Gasteiger partial charge in [0.15, 0.2) is 0 Å². The van der Waals surface area contributed by atoms with Gasteiger partial charge in [0.25, 0.3) is 0 Å². The molecule has 2 aromatic carbocycles. The molecule has 2 aromatic rings. The fourth-order valence-electron chi connectivity index (χ4n) is 2.48. The highest BCUT2D eigenvalue weighted by Gasteiger charge is 2.07. The Kier molecular flexibility index (Phi) is 6.38. The summed E-state index contributed by atoms with van der Waals surface area (Å²) in [5.41, 5.74) is 1.26. The standard InChI is InChI=1S/C18H23BrO/c1-2-3-4-5-8-13-20-18-12-11-15-9-6-7-10-16(15)17(18)14-19/h6-7,9-12H,2-5,8,13-14H2,1H3. The number of fused-ring (bicyclic) bond motifs is 1. The average Bonchev–Trinajstić information content (AvgIpc) is 2.50. The second-order valence-electron chi connectivity index (χ2n) is 5.16. The van der Waals surface area contributed by atoms with Gasteiger partial charge >= 0.3 is 0 Å². The minimum atomic E-state index is 0.821. The van der Waals surface area contributed by atoms with Crippen LogP contribution in [0.5, 0.6) is 5.75 Å². The van der Waals surface area contributed by atoms with Crippen LogP contribution in [0.25, 0.3) is 10.8 Å². The second kappa shape index (κ2) is 8.31. The maximum atomic E-state index is 5.99. The number of unbranched alkanes of at least 4 members (excludes halogenated alkanes) is 4. The first-order chi connectivity index (χ1) is 9.86. The van der Waals surface area contributed by atoms with Crippen LogP contribution in [-0.2, 0) is 5.33 Å². The van der Waals surface area contributed by atoms with E-state index in [0.717, 1.165) is 24.1 Å². The van der Waals surface area contributed by atoms with Crippen LogP contribution >= 0.6 is 15.9 Å². The van der Waals surface area contributed by atoms with Crippen LogP contribution in [0.3, 0.4) is 0 Å². The molecule has 0 aromatic heterocycles. The zero-order valence-corrected chi connectivity index (χ0v) is 13.8. The van der Waals surface area contributed by atoms with Gasteiger partial charge < -0.3 is 4.74 Å². The maximum Gasteiger partial charge on any atom is 0.123 e. The Balaban J connectivity index is 1.99. The molecule has 0 fully saturated rings. The Labute approximate surface area is 130 Å². The smallest absolute Gasteiger partial charge is 0.123 e. The Morgan fingerprint density at radius 2 is 1.75 bits per heavy atom. The zero-order chi connectivity index (χ0) is 14.2. The van der Waals surface area contributed by atoms with Crippen LogP contribution in [0.2, 0.25) is 0 Å². The Morgan fingerprint density at radius 1 is 0.950 bits per heavy atom. The lowest BCUT2D eigenvalue weighted by Gasteiger charge is -2.12. The number of rotatable bonds is 8. The minimum absolute atomic E-state index is 0.821. The Hall–Kier alpha value is -1.02. The van der Waals surface area contributed by atoms with Gasteiger partial charge in [-0.3, -0.25) is 0 Å². The van der Waals surface area contributed by atoms with Crippen molar-refractivity contribution in [2.45, 2.75) is 44.4 Å². The van der Waals surface area contributed by atoms with E-state index in [0.29, 0.717) is 0 Å². The van der Waals surface area contributed by atoms with E-state index in [2.05, 4.69) is 59.3 Å². The van der Waals surface area contributed by atoms with Gasteiger partial charge in [-0.25, -0.2) is 0 Å². The van der Waals surface area contributed by atoms with E-state index in [9.17, 15) is 0 Å². The molecule has 0 amide bonds. The fraction of sp³-hybridized carbons (Fsp3) is 0.444. The van der Waals surface area contributed by atoms with Crippen LogP contribution in [0, 0.1) is 0 Å². The van der Waals surface area contributed by atoms with Gasteiger partial charge in [0.1, 0.15) is 5.75 Å². The van der Waals surface area contributed by atoms with Crippen molar-refractivity contribution in [3.8, 4) is 5.75 Å². The van der Waals surface area contributed by atoms with Crippen LogP contribution in [0.15, 0.2) is 36.4 Å². The first-order valence-corrected chi connectivity index (χ1v) is 8.68. The summed E-state index contributed by atoms with van der Waals surface area (Å²) < 4.78 is 5.99. The van der Waals surface area contributed by atoms with Gasteiger partial charge in [0, 0.05) is 10.9 Å². The van der Waals surface area contributed by atoms with Gasteiger partial charge in [-0.05, 0) is 23.3 Å². The number of alkyl halides is 1. The summed E-state index contributed by atoms with van der Waals surface area (Å²) in [6, 6.07) is 12.7. The van der Waals surface area contributed by atoms with E-state index in [1.165, 1.54) is 42.0 Å². The second-order valence-corrected chi connectivity index (χ2v) is 5.72. The van der Waals surface area contributed by atoms with E-state index >= 15 is 0 Å². The molecule has 108 valence electrons. The highest BCUT2D eigenvalue weighted by atomic mass is 79.9. The SMILES string of the molecule is CCCCCCCOc1ccc2ccccc2c1CBr. The quantitative estimate of drug-likeness (QED) is 0.419. The van der Waals surface area contributed by atoms with Gasteiger partial charge in [0.05, 0.1) is 6.61 Å². The first-order valence-electron chi connectivity index (χ1n) is 7.56. The molecule has 0 radical (unpaired) electrons. The molecule has 0 aliphatic heterocycles. The molecule has 20 heavy (non-hydrogen) atoms. The van der Waals surface area contributed by atoms with Crippen LogP contribution in [0.1, 0.15) is 44.6 Å². The maximum absolute atomic E-state index is 5.99. The van der Waals surface area contributed by atoms with E-state index < -0.39 is 0 Å². The highest BCUT2D eigenvalue weighted by molar-refractivity contribution is 9.08. The van der Waals surface area contributed by atoms with E-state index in [1.807, 2.05) is 0 Å². The molecule has 0 heterocycles. The fourth-order valence-corrected chi connectivity index (χ4v) is 3.06. The molecule has 0 aliphatic carbocycles. The monoisotopic (exact) mass is 334 g/mol. The summed E-state index contributed by atoms with van der Waals surface area (Å²) in [5, 5.41) is 3.39. The van der Waals surface area contributed by atoms with E-state index in [-0.39, 0.29) is 0 Å². The molecule has 0 atom stereocenters. The van der Waals surface area contributed by atoms with Crippen LogP contribution in [-0.4, -0.2) is 6.61 Å². The number of ether oxygens (including phenoxy) is 1. The molecule has 2 rings (SSSR count). The molecule has 1 nitrogen and oxygen atoms in total. The van der Waals surface area contributed by atoms with Gasteiger partial charge in [-0.1, -0.05) is 78.9 Å². The normalized spacial score (nSPS) is 10.9. The lowest BCUT2D eigenvalue weighted by Crippen LogP contribution is -2.00. The topological polar surface area (TPSA) is 9.23 Å². The molecule has 2 heteroatoms. The van der Waals surface area contributed by atoms with Crippen molar-refractivity contribution in [3.05, 3.63) is 42.0 Å². The van der Waals surface area contributed by atoms with Crippen molar-refractivity contribution in [2.24, 2.45) is 0 Å². The Bertz CT molecular complexity index is 536. The molecular formula is C18H23BrO. The van der Waals surface area contributed by atoms with Gasteiger partial charge in [-0.15, -0.1) is 0 Å². The van der Waals surface area contributed by atoms with E-state index in [1.54, 1.807) is 0 Å². The summed E-state index contributed by atoms with van der Waals surface area (Å²) in [5.74, 6) is 1.02. The van der Waals surface area contributed by atoms with Crippen molar-refractivity contribution in [1.29, 1.82) is 0 Å². The predicted octanol–water partition coefficient (Wildman–Crippen LogP) is 6.08. The molecule has 0 saturated heterocycles. The van der Waals surface area contributed by atoms with Crippen molar-refractivity contribution < 1.29 is 4.74 Å². The number of benzene rings is 2. The molecule has 0 unspecified atom stereocenters. The molecule has 0 spiro atoms. The summed E-state index contributed by atoms with van der Waals surface area (Å²) in [7, 11) is 0. The van der Waals surface area contributed by atoms with Crippen molar-refractivity contribution in [1.82, 2.24) is 0 Å². The van der Waals surface area contributed by atoms with Crippen molar-refractivity contribution in [3.63, 3.8) is 0 Å². The number of hydrogen-bond acceptors (Lipinski definition) is 1. The molecule has 0 aliphatic rings. The summed E-state index contributed by atoms with van der Waals surface area (Å²) in [6.45, 7) is 3.07. The van der Waals surface area contributed by atoms with Gasteiger partial charge in [0.2, 0.25) is 0 Å². The molecule has 0 N–H and O–H groups in total. The molecule has 0 bridgehead atoms. The molecular weight excluding hydrogens is 312 g/mol. The van der Waals surface area contributed by atoms with Crippen molar-refractivity contribution >= 4 is 26.7 Å². The lowest BCUT2D eigenvalue weighted by molar-refractivity contribution is 0.303. The Morgan fingerprint density at radius 3 is 2.55 bits per heavy atom. The van der Waals surface area contributed by atoms with Crippen LogP contribution in [0.4, 0.5) is 0 Å². The third kappa shape index (κ3) is 3.99. The van der Waals surface area contributed by atoms with Crippen molar-refractivity contribution in [2.75, 3.05) is 6.61 Å². The molecule has 0 saturated carbocycles. The first kappa shape index (κ1) is 15.4. The highest BCUT2D eigenvalue weighted by Crippen LogP contribution is 2.30. The zero-order valence-electron chi connectivity index (χ0n) is 12.2. The summed E-state index contributed by atoms with van der Waals surface area (Å²) >= 11 is 3.59. The van der Waals surface area contributed by atoms with Gasteiger partial charge in [-0.2, -0.15) is 0 Å². The minimum Gasteiger partial charge on any atom is -0.493 e. The summed E-state index contributed by atoms with van der Waals surface area (Å²) in [6.07, 6.45) is 6.37. The summed E-state index contributed by atoms with van der Waals surface area (Å²) in [4.78, 5) is 0. The average molecular weight is 335 g/mol. The van der Waals surface area contributed by atoms with E-state index in [4.69, 9.17) is 4.74 Å². The number of halogens is 1.